The van der Waals surface area contributed by atoms with Crippen molar-refractivity contribution in [2.45, 2.75) is 12.8 Å². The number of rotatable bonds is 4. The summed E-state index contributed by atoms with van der Waals surface area (Å²) >= 11 is 7.42. The zero-order valence-electron chi connectivity index (χ0n) is 14.2. The molecule has 2 aromatic heterocycles. The van der Waals surface area contributed by atoms with Crippen LogP contribution in [-0.4, -0.2) is 28.3 Å². The van der Waals surface area contributed by atoms with E-state index in [2.05, 4.69) is 15.3 Å². The van der Waals surface area contributed by atoms with Gasteiger partial charge in [0, 0.05) is 41.3 Å². The van der Waals surface area contributed by atoms with Gasteiger partial charge in [-0.3, -0.25) is 19.9 Å². The minimum absolute atomic E-state index is 0.000529. The Labute approximate surface area is 164 Å². The Balaban J connectivity index is 1.59. The standard InChI is InChI=1S/C19H15ClN4O2S/c20-13-5-6-14(16(9-13)24-8-2-4-17(24)25)18(26)23-19-22-15(11-27-19)12-3-1-7-21-10-12/h1,3,5-7,9-11H,2,4,8H2,(H,22,23,26). The number of halogens is 1. The molecule has 1 aromatic carbocycles. The van der Waals surface area contributed by atoms with Gasteiger partial charge in [-0.25, -0.2) is 4.98 Å². The third kappa shape index (κ3) is 3.70. The van der Waals surface area contributed by atoms with E-state index in [0.717, 1.165) is 17.7 Å². The summed E-state index contributed by atoms with van der Waals surface area (Å²) in [4.78, 5) is 35.1. The third-order valence-electron chi connectivity index (χ3n) is 4.25. The fourth-order valence-electron chi connectivity index (χ4n) is 2.97. The molecule has 0 spiro atoms. The van der Waals surface area contributed by atoms with Crippen LogP contribution in [0.4, 0.5) is 10.8 Å². The summed E-state index contributed by atoms with van der Waals surface area (Å²) in [6.07, 6.45) is 4.67. The molecule has 27 heavy (non-hydrogen) atoms. The Morgan fingerprint density at radius 2 is 2.19 bits per heavy atom. The summed E-state index contributed by atoms with van der Waals surface area (Å²) in [6.45, 7) is 0.585. The fourth-order valence-corrected chi connectivity index (χ4v) is 3.85. The highest BCUT2D eigenvalue weighted by atomic mass is 35.5. The zero-order chi connectivity index (χ0) is 18.8. The van der Waals surface area contributed by atoms with Crippen LogP contribution >= 0.6 is 22.9 Å². The smallest absolute Gasteiger partial charge is 0.259 e. The highest BCUT2D eigenvalue weighted by molar-refractivity contribution is 7.14. The lowest BCUT2D eigenvalue weighted by molar-refractivity contribution is -0.117. The number of hydrogen-bond donors (Lipinski definition) is 1. The molecule has 4 rings (SSSR count). The van der Waals surface area contributed by atoms with Crippen molar-refractivity contribution < 1.29 is 9.59 Å². The molecular weight excluding hydrogens is 384 g/mol. The zero-order valence-corrected chi connectivity index (χ0v) is 15.8. The number of thiazole rings is 1. The summed E-state index contributed by atoms with van der Waals surface area (Å²) in [6, 6.07) is 8.67. The number of carbonyl (C=O) groups excluding carboxylic acids is 2. The molecule has 8 heteroatoms. The van der Waals surface area contributed by atoms with Crippen LogP contribution in [0, 0.1) is 0 Å². The van der Waals surface area contributed by atoms with Crippen LogP contribution in [0.1, 0.15) is 23.2 Å². The Hall–Kier alpha value is -2.77. The first-order valence-corrected chi connectivity index (χ1v) is 9.65. The molecule has 0 unspecified atom stereocenters. The van der Waals surface area contributed by atoms with Crippen LogP contribution in [0.15, 0.2) is 48.1 Å². The number of carbonyl (C=O) groups is 2. The molecule has 1 saturated heterocycles. The van der Waals surface area contributed by atoms with Gasteiger partial charge in [-0.15, -0.1) is 11.3 Å². The molecule has 3 aromatic rings. The monoisotopic (exact) mass is 398 g/mol. The van der Waals surface area contributed by atoms with Crippen LogP contribution < -0.4 is 10.2 Å². The molecule has 6 nitrogen and oxygen atoms in total. The molecule has 0 atom stereocenters. The molecule has 3 heterocycles. The molecular formula is C19H15ClN4O2S. The number of pyridine rings is 1. The first-order chi connectivity index (χ1) is 13.1. The van der Waals surface area contributed by atoms with Crippen molar-refractivity contribution in [1.82, 2.24) is 9.97 Å². The second-order valence-corrected chi connectivity index (χ2v) is 7.34. The Kier molecular flexibility index (Phi) is 4.87. The van der Waals surface area contributed by atoms with E-state index in [1.807, 2.05) is 17.5 Å². The van der Waals surface area contributed by atoms with Crippen LogP contribution in [0.5, 0.6) is 0 Å². The van der Waals surface area contributed by atoms with Gasteiger partial charge < -0.3 is 4.90 Å². The SMILES string of the molecule is O=C(Nc1nc(-c2cccnc2)cs1)c1ccc(Cl)cc1N1CCCC1=O. The minimum atomic E-state index is -0.326. The molecule has 1 fully saturated rings. The van der Waals surface area contributed by atoms with Gasteiger partial charge in [0.2, 0.25) is 5.91 Å². The van der Waals surface area contributed by atoms with Gasteiger partial charge in [0.25, 0.3) is 5.91 Å². The lowest BCUT2D eigenvalue weighted by atomic mass is 10.1. The minimum Gasteiger partial charge on any atom is -0.312 e. The van der Waals surface area contributed by atoms with Gasteiger partial charge in [0.1, 0.15) is 0 Å². The maximum absolute atomic E-state index is 12.8. The molecule has 0 saturated carbocycles. The first kappa shape index (κ1) is 17.6. The van der Waals surface area contributed by atoms with E-state index in [-0.39, 0.29) is 11.8 Å². The largest absolute Gasteiger partial charge is 0.312 e. The molecule has 1 aliphatic rings. The van der Waals surface area contributed by atoms with Crippen molar-refractivity contribution in [3.8, 4) is 11.3 Å². The van der Waals surface area contributed by atoms with E-state index in [1.165, 1.54) is 11.3 Å². The quantitative estimate of drug-likeness (QED) is 0.713. The molecule has 0 radical (unpaired) electrons. The van der Waals surface area contributed by atoms with Crippen molar-refractivity contribution in [3.63, 3.8) is 0 Å². The number of aromatic nitrogens is 2. The summed E-state index contributed by atoms with van der Waals surface area (Å²) in [5.41, 5.74) is 2.55. The average Bonchev–Trinajstić information content (AvgIpc) is 3.31. The highest BCUT2D eigenvalue weighted by Crippen LogP contribution is 2.30. The molecule has 136 valence electrons. The Morgan fingerprint density at radius 1 is 1.30 bits per heavy atom. The van der Waals surface area contributed by atoms with Gasteiger partial charge in [0.05, 0.1) is 16.9 Å². The van der Waals surface area contributed by atoms with Crippen molar-refractivity contribution in [1.29, 1.82) is 0 Å². The Bertz CT molecular complexity index is 1010. The maximum Gasteiger partial charge on any atom is 0.259 e. The first-order valence-electron chi connectivity index (χ1n) is 8.39. The number of amides is 2. The number of hydrogen-bond acceptors (Lipinski definition) is 5. The van der Waals surface area contributed by atoms with Gasteiger partial charge in [-0.05, 0) is 36.8 Å². The molecule has 0 bridgehead atoms. The van der Waals surface area contributed by atoms with E-state index in [9.17, 15) is 9.59 Å². The third-order valence-corrected chi connectivity index (χ3v) is 5.24. The van der Waals surface area contributed by atoms with Crippen LogP contribution in [0.3, 0.4) is 0 Å². The number of nitrogens with one attached hydrogen (secondary N) is 1. The van der Waals surface area contributed by atoms with Crippen molar-refractivity contribution in [2.24, 2.45) is 0 Å². The predicted octanol–water partition coefficient (Wildman–Crippen LogP) is 4.24. The molecule has 1 aliphatic heterocycles. The topological polar surface area (TPSA) is 75.2 Å². The number of anilines is 2. The summed E-state index contributed by atoms with van der Waals surface area (Å²) in [5, 5.41) is 5.63. The second-order valence-electron chi connectivity index (χ2n) is 6.04. The average molecular weight is 399 g/mol. The van der Waals surface area contributed by atoms with Gasteiger partial charge in [-0.2, -0.15) is 0 Å². The lowest BCUT2D eigenvalue weighted by Gasteiger charge is -2.19. The van der Waals surface area contributed by atoms with E-state index in [4.69, 9.17) is 11.6 Å². The molecule has 1 N–H and O–H groups in total. The van der Waals surface area contributed by atoms with Crippen molar-refractivity contribution in [3.05, 3.63) is 58.7 Å². The normalized spacial score (nSPS) is 13.8. The lowest BCUT2D eigenvalue weighted by Crippen LogP contribution is -2.27. The number of benzene rings is 1. The predicted molar refractivity (Wildman–Crippen MR) is 106 cm³/mol. The van der Waals surface area contributed by atoms with Crippen LogP contribution in [0.25, 0.3) is 11.3 Å². The van der Waals surface area contributed by atoms with Crippen molar-refractivity contribution in [2.75, 3.05) is 16.8 Å². The molecule has 0 aliphatic carbocycles. The number of nitrogens with zero attached hydrogens (tertiary/aromatic N) is 3. The fraction of sp³-hybridized carbons (Fsp3) is 0.158. The van der Waals surface area contributed by atoms with Crippen LogP contribution in [0.2, 0.25) is 5.02 Å². The van der Waals surface area contributed by atoms with E-state index in [1.54, 1.807) is 35.5 Å². The van der Waals surface area contributed by atoms with Crippen molar-refractivity contribution >= 4 is 45.6 Å². The van der Waals surface area contributed by atoms with Gasteiger partial charge >= 0.3 is 0 Å². The van der Waals surface area contributed by atoms with E-state index >= 15 is 0 Å². The van der Waals surface area contributed by atoms with Gasteiger partial charge in [0.15, 0.2) is 5.13 Å². The van der Waals surface area contributed by atoms with E-state index in [0.29, 0.717) is 34.4 Å². The Morgan fingerprint density at radius 3 is 2.93 bits per heavy atom. The van der Waals surface area contributed by atoms with Crippen LogP contribution in [-0.2, 0) is 4.79 Å². The highest BCUT2D eigenvalue weighted by Gasteiger charge is 2.26. The summed E-state index contributed by atoms with van der Waals surface area (Å²) in [5.74, 6) is -0.326. The van der Waals surface area contributed by atoms with Gasteiger partial charge in [-0.1, -0.05) is 11.6 Å². The molecule has 2 amide bonds. The maximum atomic E-state index is 12.8. The van der Waals surface area contributed by atoms with E-state index < -0.39 is 0 Å². The summed E-state index contributed by atoms with van der Waals surface area (Å²) < 4.78 is 0. The second kappa shape index (κ2) is 7.46. The summed E-state index contributed by atoms with van der Waals surface area (Å²) in [7, 11) is 0.